The Balaban J connectivity index is 2.44. The summed E-state index contributed by atoms with van der Waals surface area (Å²) >= 11 is 17.6. The van der Waals surface area contributed by atoms with Crippen molar-refractivity contribution in [3.05, 3.63) is 54.1 Å². The third-order valence-corrected chi connectivity index (χ3v) is 6.12. The Morgan fingerprint density at radius 3 is 2.65 bits per heavy atom. The van der Waals surface area contributed by atoms with Gasteiger partial charge >= 0.3 is 0 Å². The van der Waals surface area contributed by atoms with Gasteiger partial charge in [0.25, 0.3) is 0 Å². The van der Waals surface area contributed by atoms with E-state index in [-0.39, 0.29) is 6.04 Å². The molecule has 1 heterocycles. The van der Waals surface area contributed by atoms with Gasteiger partial charge in [-0.05, 0) is 59.1 Å². The highest BCUT2D eigenvalue weighted by atomic mass is 79.9. The summed E-state index contributed by atoms with van der Waals surface area (Å²) in [6.45, 7) is 5.17. The van der Waals surface area contributed by atoms with Crippen LogP contribution in [0.3, 0.4) is 0 Å². The summed E-state index contributed by atoms with van der Waals surface area (Å²) in [6.07, 6.45) is 1.08. The number of hydrogen-bond acceptors (Lipinski definition) is 2. The van der Waals surface area contributed by atoms with Crippen LogP contribution in [-0.4, -0.2) is 6.54 Å². The maximum atomic E-state index is 6.26. The monoisotopic (exact) mass is 391 g/mol. The van der Waals surface area contributed by atoms with Crippen molar-refractivity contribution in [1.82, 2.24) is 5.32 Å². The van der Waals surface area contributed by atoms with Gasteiger partial charge in [-0.3, -0.25) is 0 Å². The fourth-order valence-corrected chi connectivity index (χ4v) is 4.12. The van der Waals surface area contributed by atoms with Gasteiger partial charge in [-0.1, -0.05) is 42.3 Å². The minimum absolute atomic E-state index is 0.127. The Kier molecular flexibility index (Phi) is 5.94. The first kappa shape index (κ1) is 16.3. The van der Waals surface area contributed by atoms with Crippen molar-refractivity contribution in [1.29, 1.82) is 0 Å². The van der Waals surface area contributed by atoms with E-state index in [1.807, 2.05) is 18.2 Å². The quantitative estimate of drug-likeness (QED) is 0.637. The van der Waals surface area contributed by atoms with Crippen LogP contribution in [0.15, 0.2) is 28.1 Å². The average Bonchev–Trinajstić information content (AvgIpc) is 2.74. The summed E-state index contributed by atoms with van der Waals surface area (Å²) in [5.74, 6) is 0. The zero-order chi connectivity index (χ0) is 14.7. The van der Waals surface area contributed by atoms with Crippen LogP contribution >= 0.6 is 50.5 Å². The van der Waals surface area contributed by atoms with Gasteiger partial charge in [0.15, 0.2) is 0 Å². The molecule has 5 heteroatoms. The number of rotatable bonds is 5. The molecule has 0 radical (unpaired) electrons. The third kappa shape index (κ3) is 3.58. The molecule has 1 aromatic carbocycles. The molecule has 1 unspecified atom stereocenters. The van der Waals surface area contributed by atoms with E-state index in [0.29, 0.717) is 0 Å². The Morgan fingerprint density at radius 2 is 2.05 bits per heavy atom. The number of hydrogen-bond donors (Lipinski definition) is 1. The van der Waals surface area contributed by atoms with E-state index in [0.717, 1.165) is 32.4 Å². The topological polar surface area (TPSA) is 12.0 Å². The molecule has 1 aromatic heterocycles. The normalized spacial score (nSPS) is 12.7. The minimum atomic E-state index is 0.127. The van der Waals surface area contributed by atoms with Gasteiger partial charge in [0, 0.05) is 9.90 Å². The highest BCUT2D eigenvalue weighted by Gasteiger charge is 2.19. The molecule has 20 heavy (non-hydrogen) atoms. The Bertz CT molecular complexity index is 578. The second kappa shape index (κ2) is 7.28. The lowest BCUT2D eigenvalue weighted by Gasteiger charge is -2.20. The number of thiophene rings is 1. The molecule has 0 saturated heterocycles. The number of benzene rings is 1. The second-order valence-corrected chi connectivity index (χ2v) is 7.83. The van der Waals surface area contributed by atoms with Crippen LogP contribution in [0.2, 0.25) is 10.0 Å². The third-order valence-electron chi connectivity index (χ3n) is 3.17. The van der Waals surface area contributed by atoms with Gasteiger partial charge in [0.1, 0.15) is 0 Å². The molecule has 0 saturated carbocycles. The maximum absolute atomic E-state index is 6.26. The van der Waals surface area contributed by atoms with E-state index >= 15 is 0 Å². The summed E-state index contributed by atoms with van der Waals surface area (Å²) in [5.41, 5.74) is 2.32. The van der Waals surface area contributed by atoms with E-state index in [1.165, 1.54) is 10.4 Å². The Morgan fingerprint density at radius 1 is 1.30 bits per heavy atom. The summed E-state index contributed by atoms with van der Waals surface area (Å²) in [6, 6.07) is 8.19. The van der Waals surface area contributed by atoms with Crippen LogP contribution < -0.4 is 5.32 Å². The summed E-state index contributed by atoms with van der Waals surface area (Å²) in [4.78, 5) is 1.20. The zero-order valence-electron chi connectivity index (χ0n) is 11.3. The van der Waals surface area contributed by atoms with Crippen LogP contribution in [0.25, 0.3) is 0 Å². The van der Waals surface area contributed by atoms with Crippen molar-refractivity contribution in [3.8, 4) is 0 Å². The van der Waals surface area contributed by atoms with Gasteiger partial charge in [-0.15, -0.1) is 11.3 Å². The van der Waals surface area contributed by atoms with E-state index < -0.39 is 0 Å². The van der Waals surface area contributed by atoms with Crippen molar-refractivity contribution < 1.29 is 0 Å². The van der Waals surface area contributed by atoms with Crippen molar-refractivity contribution in [2.24, 2.45) is 0 Å². The number of halogens is 3. The van der Waals surface area contributed by atoms with E-state index in [9.17, 15) is 0 Å². The Labute approximate surface area is 142 Å². The van der Waals surface area contributed by atoms with Crippen LogP contribution in [0.4, 0.5) is 0 Å². The predicted octanol–water partition coefficient (Wildman–Crippen LogP) is 6.21. The highest BCUT2D eigenvalue weighted by molar-refractivity contribution is 9.11. The molecular weight excluding hydrogens is 377 g/mol. The fraction of sp³-hybridized carbons (Fsp3) is 0.333. The summed E-state index contributed by atoms with van der Waals surface area (Å²) in [5, 5.41) is 5.14. The molecular formula is C15H16BrCl2NS. The smallest absolute Gasteiger partial charge is 0.0888 e. The number of nitrogens with one attached hydrogen (secondary N) is 1. The molecule has 0 fully saturated rings. The maximum Gasteiger partial charge on any atom is 0.0888 e. The lowest BCUT2D eigenvalue weighted by Crippen LogP contribution is -2.23. The van der Waals surface area contributed by atoms with E-state index in [1.54, 1.807) is 11.3 Å². The minimum Gasteiger partial charge on any atom is -0.306 e. The SMILES string of the molecule is CCCNC(c1cc(Cl)c(Br)s1)c1cccc(Cl)c1C. The standard InChI is InChI=1S/C15H16BrCl2NS/c1-3-7-19-14(13-8-12(18)15(16)20-13)10-5-4-6-11(17)9(10)2/h4-6,8,14,19H,3,7H2,1-2H3. The largest absolute Gasteiger partial charge is 0.306 e. The lowest BCUT2D eigenvalue weighted by molar-refractivity contribution is 0.603. The molecule has 0 amide bonds. The molecule has 0 spiro atoms. The molecule has 1 atom stereocenters. The van der Waals surface area contributed by atoms with E-state index in [4.69, 9.17) is 23.2 Å². The van der Waals surface area contributed by atoms with Crippen LogP contribution in [0, 0.1) is 6.92 Å². The lowest BCUT2D eigenvalue weighted by atomic mass is 10.00. The summed E-state index contributed by atoms with van der Waals surface area (Å²) < 4.78 is 0.970. The van der Waals surface area contributed by atoms with Crippen molar-refractivity contribution in [2.75, 3.05) is 6.54 Å². The van der Waals surface area contributed by atoms with Crippen LogP contribution in [0.1, 0.15) is 35.4 Å². The zero-order valence-corrected chi connectivity index (χ0v) is 15.3. The first-order valence-corrected chi connectivity index (χ1v) is 8.84. The predicted molar refractivity (Wildman–Crippen MR) is 93.4 cm³/mol. The first-order chi connectivity index (χ1) is 9.54. The molecule has 1 N–H and O–H groups in total. The molecule has 0 bridgehead atoms. The molecule has 2 aromatic rings. The average molecular weight is 393 g/mol. The Hall–Kier alpha value is -0.0600. The first-order valence-electron chi connectivity index (χ1n) is 6.47. The molecule has 0 aliphatic rings. The van der Waals surface area contributed by atoms with Gasteiger partial charge in [0.2, 0.25) is 0 Å². The van der Waals surface area contributed by atoms with Gasteiger partial charge in [-0.25, -0.2) is 0 Å². The van der Waals surface area contributed by atoms with E-state index in [2.05, 4.69) is 41.2 Å². The molecule has 108 valence electrons. The van der Waals surface area contributed by atoms with Gasteiger partial charge in [-0.2, -0.15) is 0 Å². The fourth-order valence-electron chi connectivity index (χ4n) is 2.09. The van der Waals surface area contributed by atoms with Gasteiger partial charge in [0.05, 0.1) is 14.9 Å². The second-order valence-electron chi connectivity index (χ2n) is 4.61. The highest BCUT2D eigenvalue weighted by Crippen LogP contribution is 2.38. The van der Waals surface area contributed by atoms with Crippen LogP contribution in [-0.2, 0) is 0 Å². The van der Waals surface area contributed by atoms with Crippen LogP contribution in [0.5, 0.6) is 0 Å². The van der Waals surface area contributed by atoms with Crippen molar-refractivity contribution >= 4 is 50.5 Å². The molecule has 2 rings (SSSR count). The molecule has 0 aliphatic carbocycles. The van der Waals surface area contributed by atoms with Gasteiger partial charge < -0.3 is 5.32 Å². The van der Waals surface area contributed by atoms with Crippen molar-refractivity contribution in [2.45, 2.75) is 26.3 Å². The molecule has 0 aliphatic heterocycles. The summed E-state index contributed by atoms with van der Waals surface area (Å²) in [7, 11) is 0. The van der Waals surface area contributed by atoms with Crippen molar-refractivity contribution in [3.63, 3.8) is 0 Å². The molecule has 1 nitrogen and oxygen atoms in total.